The lowest BCUT2D eigenvalue weighted by molar-refractivity contribution is 0.292. The van der Waals surface area contributed by atoms with Crippen molar-refractivity contribution in [2.75, 3.05) is 43.9 Å². The number of nitrogen functional groups attached to an aromatic ring is 1. The molecule has 43 heavy (non-hydrogen) atoms. The second-order valence-corrected chi connectivity index (χ2v) is 13.3. The summed E-state index contributed by atoms with van der Waals surface area (Å²) in [6.45, 7) is 3.56. The third kappa shape index (κ3) is 5.14. The summed E-state index contributed by atoms with van der Waals surface area (Å²) in [5.41, 5.74) is 8.21. The number of hydrogen-bond acceptors (Lipinski definition) is 9. The summed E-state index contributed by atoms with van der Waals surface area (Å²) in [6, 6.07) is 10.6. The molecule has 0 spiro atoms. The van der Waals surface area contributed by atoms with Crippen molar-refractivity contribution >= 4 is 54.7 Å². The highest BCUT2D eigenvalue weighted by atomic mass is 35.5. The van der Waals surface area contributed by atoms with Crippen LogP contribution in [-0.4, -0.2) is 72.5 Å². The zero-order chi connectivity index (χ0) is 29.8. The molecule has 8 rings (SSSR count). The largest absolute Gasteiger partial charge is 0.467 e. The number of anilines is 2. The molecule has 6 heterocycles. The van der Waals surface area contributed by atoms with E-state index < -0.39 is 12.0 Å². The Morgan fingerprint density at radius 3 is 2.65 bits per heavy atom. The van der Waals surface area contributed by atoms with Crippen LogP contribution in [0.15, 0.2) is 24.3 Å². The number of methoxy groups -OCH3 is 1. The number of hydrogen-bond donors (Lipinski definition) is 2. The van der Waals surface area contributed by atoms with E-state index in [1.807, 2.05) is 12.1 Å². The highest BCUT2D eigenvalue weighted by Crippen LogP contribution is 2.44. The summed E-state index contributed by atoms with van der Waals surface area (Å²) >= 11 is 7.87. The predicted octanol–water partition coefficient (Wildman–Crippen LogP) is 5.90. The molecule has 4 saturated heterocycles. The van der Waals surface area contributed by atoms with Gasteiger partial charge in [0.15, 0.2) is 0 Å². The molecule has 2 aromatic heterocycles. The number of aromatic nitrogens is 2. The van der Waals surface area contributed by atoms with Gasteiger partial charge in [0.05, 0.1) is 22.9 Å². The second kappa shape index (κ2) is 11.3. The van der Waals surface area contributed by atoms with Crippen LogP contribution in [0.5, 0.6) is 6.01 Å². The molecule has 12 heteroatoms. The van der Waals surface area contributed by atoms with Crippen molar-refractivity contribution in [1.29, 1.82) is 5.26 Å². The molecule has 0 amide bonds. The number of rotatable bonds is 3. The Morgan fingerprint density at radius 1 is 1.14 bits per heavy atom. The third-order valence-electron chi connectivity index (χ3n) is 9.12. The minimum absolute atomic E-state index is 0.253. The molecule has 3 N–H and O–H groups in total. The summed E-state index contributed by atoms with van der Waals surface area (Å²) in [7, 11) is 1.54. The number of thiophene rings is 1. The van der Waals surface area contributed by atoms with Crippen LogP contribution in [0.2, 0.25) is 5.02 Å². The van der Waals surface area contributed by atoms with E-state index in [-0.39, 0.29) is 16.6 Å². The van der Waals surface area contributed by atoms with Gasteiger partial charge in [0, 0.05) is 59.1 Å². The second-order valence-electron chi connectivity index (χ2n) is 11.8. The first-order valence-electron chi connectivity index (χ1n) is 14.7. The molecule has 4 fully saturated rings. The van der Waals surface area contributed by atoms with Crippen LogP contribution in [0, 0.1) is 17.1 Å². The number of nitrogens with two attached hydrogens (primary N) is 1. The summed E-state index contributed by atoms with van der Waals surface area (Å²) in [5, 5.41) is 15.3. The zero-order valence-electron chi connectivity index (χ0n) is 23.7. The fourth-order valence-corrected chi connectivity index (χ4v) is 8.39. The smallest absolute Gasteiger partial charge is 0.318 e. The minimum Gasteiger partial charge on any atom is -0.467 e. The quantitative estimate of drug-likeness (QED) is 0.291. The van der Waals surface area contributed by atoms with Gasteiger partial charge in [-0.25, -0.2) is 8.78 Å². The topological polar surface area (TPSA) is 103 Å². The number of benzene rings is 2. The fraction of sp³-hybridized carbons (Fsp3) is 0.452. The molecule has 4 atom stereocenters. The molecule has 2 aromatic carbocycles. The molecule has 0 saturated carbocycles. The number of nitrogens with zero attached hydrogens (tertiary/aromatic N) is 5. The first kappa shape index (κ1) is 28.5. The van der Waals surface area contributed by atoms with E-state index in [9.17, 15) is 14.0 Å². The monoisotopic (exact) mass is 623 g/mol. The summed E-state index contributed by atoms with van der Waals surface area (Å²) in [4.78, 5) is 13.8. The number of halogens is 3. The Labute approximate surface area is 257 Å². The average molecular weight is 624 g/mol. The van der Waals surface area contributed by atoms with E-state index in [0.717, 1.165) is 61.4 Å². The molecule has 4 aliphatic rings. The summed E-state index contributed by atoms with van der Waals surface area (Å²) in [5.74, 6) is 0.365. The van der Waals surface area contributed by atoms with E-state index >= 15 is 0 Å². The Bertz CT molecular complexity index is 1740. The Balaban J connectivity index is 0.000000283. The molecular weight excluding hydrogens is 592 g/mol. The van der Waals surface area contributed by atoms with Gasteiger partial charge in [0.2, 0.25) is 0 Å². The van der Waals surface area contributed by atoms with Gasteiger partial charge in [0.1, 0.15) is 28.9 Å². The van der Waals surface area contributed by atoms with Crippen LogP contribution in [0.1, 0.15) is 37.7 Å². The fourth-order valence-electron chi connectivity index (χ4n) is 7.17. The maximum atomic E-state index is 14.6. The van der Waals surface area contributed by atoms with Crippen molar-refractivity contribution in [1.82, 2.24) is 20.2 Å². The Morgan fingerprint density at radius 2 is 1.93 bits per heavy atom. The van der Waals surface area contributed by atoms with Crippen molar-refractivity contribution < 1.29 is 13.5 Å². The summed E-state index contributed by atoms with van der Waals surface area (Å²) < 4.78 is 32.9. The molecule has 4 aliphatic heterocycles. The van der Waals surface area contributed by atoms with Crippen molar-refractivity contribution in [3.05, 3.63) is 40.7 Å². The van der Waals surface area contributed by atoms with Crippen molar-refractivity contribution in [2.45, 2.75) is 56.4 Å². The lowest BCUT2D eigenvalue weighted by Crippen LogP contribution is -2.51. The van der Waals surface area contributed by atoms with Crippen molar-refractivity contribution in [3.8, 4) is 23.2 Å². The van der Waals surface area contributed by atoms with E-state index in [2.05, 4.69) is 31.2 Å². The van der Waals surface area contributed by atoms with Gasteiger partial charge in [-0.2, -0.15) is 15.2 Å². The van der Waals surface area contributed by atoms with Crippen LogP contribution >= 0.6 is 22.9 Å². The van der Waals surface area contributed by atoms with Crippen LogP contribution in [0.4, 0.5) is 19.6 Å². The SMILES string of the molecule is COc1nc(N2CC3CCC(C2)N3)c2cc(Cl)c(-c3ccc(F)c4sc(N)c(C#N)c34)cc2n1.FC1CC2CCCN2C1. The number of ether oxygens (including phenoxy) is 1. The van der Waals surface area contributed by atoms with Crippen LogP contribution < -0.4 is 20.7 Å². The minimum atomic E-state index is -0.518. The molecule has 224 valence electrons. The van der Waals surface area contributed by atoms with Crippen LogP contribution in [0.3, 0.4) is 0 Å². The maximum Gasteiger partial charge on any atom is 0.318 e. The maximum absolute atomic E-state index is 14.6. The average Bonchev–Trinajstić information content (AvgIpc) is 3.75. The highest BCUT2D eigenvalue weighted by molar-refractivity contribution is 7.23. The third-order valence-corrected chi connectivity index (χ3v) is 10.5. The van der Waals surface area contributed by atoms with Crippen molar-refractivity contribution in [3.63, 3.8) is 0 Å². The highest BCUT2D eigenvalue weighted by Gasteiger charge is 2.35. The van der Waals surface area contributed by atoms with Gasteiger partial charge in [-0.05, 0) is 62.4 Å². The zero-order valence-corrected chi connectivity index (χ0v) is 25.3. The Hall–Kier alpha value is -3.30. The Kier molecular flexibility index (Phi) is 7.50. The molecular formula is C31H32ClF2N7OS. The van der Waals surface area contributed by atoms with E-state index in [0.29, 0.717) is 56.4 Å². The van der Waals surface area contributed by atoms with Crippen LogP contribution in [0.25, 0.3) is 32.1 Å². The molecule has 0 aliphatic carbocycles. The molecule has 4 unspecified atom stereocenters. The standard InChI is InChI=1S/C24H20ClFN6OS.C7H12FN/c1-33-24-30-19-7-14(13-4-5-18(26)21-20(13)16(8-27)22(28)34-21)17(25)6-15(19)23(31-24)32-9-11-2-3-12(10-32)29-11;8-6-4-7-2-1-3-9(7)5-6/h4-7,11-12,29H,2-3,9-10,28H2,1H3;6-7H,1-5H2. The van der Waals surface area contributed by atoms with Gasteiger partial charge in [-0.1, -0.05) is 17.7 Å². The number of nitriles is 1. The van der Waals surface area contributed by atoms with E-state index in [4.69, 9.17) is 22.1 Å². The molecule has 8 nitrogen and oxygen atoms in total. The lowest BCUT2D eigenvalue weighted by atomic mass is 9.97. The summed E-state index contributed by atoms with van der Waals surface area (Å²) in [6.07, 6.45) is 5.11. The molecule has 4 aromatic rings. The van der Waals surface area contributed by atoms with Crippen molar-refractivity contribution in [2.24, 2.45) is 0 Å². The first-order valence-corrected chi connectivity index (χ1v) is 15.9. The van der Waals surface area contributed by atoms with Gasteiger partial charge in [-0.3, -0.25) is 4.90 Å². The van der Waals surface area contributed by atoms with Gasteiger partial charge >= 0.3 is 6.01 Å². The van der Waals surface area contributed by atoms with Gasteiger partial charge in [0.25, 0.3) is 0 Å². The number of alkyl halides is 1. The number of piperazine rings is 1. The molecule has 2 bridgehead atoms. The van der Waals surface area contributed by atoms with E-state index in [1.165, 1.54) is 18.9 Å². The van der Waals surface area contributed by atoms with Gasteiger partial charge in [-0.15, -0.1) is 11.3 Å². The van der Waals surface area contributed by atoms with Gasteiger partial charge < -0.3 is 20.7 Å². The van der Waals surface area contributed by atoms with E-state index in [1.54, 1.807) is 13.2 Å². The normalized spacial score (nSPS) is 24.7. The number of fused-ring (bicyclic) bond motifs is 5. The first-order chi connectivity index (χ1) is 20.8. The predicted molar refractivity (Wildman–Crippen MR) is 167 cm³/mol. The lowest BCUT2D eigenvalue weighted by Gasteiger charge is -2.34. The molecule has 0 radical (unpaired) electrons. The van der Waals surface area contributed by atoms with Crippen LogP contribution in [-0.2, 0) is 0 Å². The number of nitrogens with one attached hydrogen (secondary N) is 1.